The monoisotopic (exact) mass is 330 g/mol. The molecule has 5 nitrogen and oxygen atoms in total. The zero-order valence-corrected chi connectivity index (χ0v) is 13.7. The number of hydrogen-bond acceptors (Lipinski definition) is 4. The summed E-state index contributed by atoms with van der Waals surface area (Å²) in [5.74, 6) is 0.809. The number of fused-ring (bicyclic) bond motifs is 1. The predicted octanol–water partition coefficient (Wildman–Crippen LogP) is 4.05. The highest BCUT2D eigenvalue weighted by molar-refractivity contribution is 7.59. The molecule has 2 aromatic heterocycles. The van der Waals surface area contributed by atoms with E-state index in [1.807, 2.05) is 44.3 Å². The van der Waals surface area contributed by atoms with Crippen molar-refractivity contribution in [2.75, 3.05) is 7.11 Å². The molecule has 3 aromatic rings. The lowest BCUT2D eigenvalue weighted by atomic mass is 10.1. The van der Waals surface area contributed by atoms with Gasteiger partial charge in [-0.05, 0) is 17.7 Å². The van der Waals surface area contributed by atoms with E-state index in [1.165, 1.54) is 6.20 Å². The van der Waals surface area contributed by atoms with E-state index < -0.39 is 0 Å². The number of benzene rings is 1. The predicted molar refractivity (Wildman–Crippen MR) is 98.2 cm³/mol. The lowest BCUT2D eigenvalue weighted by Crippen LogP contribution is -1.92. The molecule has 0 fully saturated rings. The summed E-state index contributed by atoms with van der Waals surface area (Å²) in [5.41, 5.74) is 2.99. The summed E-state index contributed by atoms with van der Waals surface area (Å²) in [4.78, 5) is 4.28. The van der Waals surface area contributed by atoms with Crippen LogP contribution in [0, 0.1) is 11.3 Å². The van der Waals surface area contributed by atoms with Crippen molar-refractivity contribution in [1.82, 2.24) is 14.6 Å². The van der Waals surface area contributed by atoms with E-state index in [2.05, 4.69) is 16.2 Å². The van der Waals surface area contributed by atoms with E-state index in [0.717, 1.165) is 16.9 Å². The van der Waals surface area contributed by atoms with Crippen molar-refractivity contribution in [1.29, 1.82) is 5.26 Å². The first kappa shape index (κ1) is 20.5. The molecule has 0 amide bonds. The topological polar surface area (TPSA) is 63.2 Å². The largest absolute Gasteiger partial charge is 0.497 e. The molecule has 0 spiro atoms. The molecule has 0 aliphatic rings. The average molecular weight is 330 g/mol. The number of nitriles is 1. The molecule has 0 radical (unpaired) electrons. The van der Waals surface area contributed by atoms with Crippen LogP contribution in [-0.4, -0.2) is 21.7 Å². The molecule has 3 rings (SSSR count). The van der Waals surface area contributed by atoms with Crippen LogP contribution in [-0.2, 0) is 0 Å². The van der Waals surface area contributed by atoms with Crippen LogP contribution in [0.1, 0.15) is 26.8 Å². The highest BCUT2D eigenvalue weighted by Crippen LogP contribution is 2.22. The number of methoxy groups -OCH3 is 1. The second-order valence-corrected chi connectivity index (χ2v) is 4.01. The van der Waals surface area contributed by atoms with Crippen LogP contribution >= 0.6 is 13.5 Å². The van der Waals surface area contributed by atoms with Crippen molar-refractivity contribution in [2.45, 2.75) is 21.3 Å². The Labute approximate surface area is 144 Å². The fourth-order valence-electron chi connectivity index (χ4n) is 1.89. The van der Waals surface area contributed by atoms with Gasteiger partial charge in [0.2, 0.25) is 0 Å². The van der Waals surface area contributed by atoms with E-state index in [9.17, 15) is 0 Å². The molecular weight excluding hydrogens is 308 g/mol. The minimum absolute atomic E-state index is 0. The fraction of sp³-hybridized carbons (Fsp3) is 0.235. The number of nitrogens with zero attached hydrogens (tertiary/aromatic N) is 4. The number of ether oxygens (including phenoxy) is 1. The summed E-state index contributed by atoms with van der Waals surface area (Å²) in [6.07, 6.45) is 5.10. The Morgan fingerprint density at radius 2 is 1.74 bits per heavy atom. The summed E-state index contributed by atoms with van der Waals surface area (Å²) in [5, 5.41) is 13.0. The molecular formula is C17H22N4OS. The quantitative estimate of drug-likeness (QED) is 0.711. The third kappa shape index (κ3) is 4.24. The fourth-order valence-corrected chi connectivity index (χ4v) is 1.89. The first-order chi connectivity index (χ1) is 10.3. The minimum atomic E-state index is 0. The number of aromatic nitrogens is 3. The van der Waals surface area contributed by atoms with Gasteiger partial charge in [-0.3, -0.25) is 0 Å². The molecule has 2 heterocycles. The molecule has 0 unspecified atom stereocenters. The molecule has 0 saturated heterocycles. The Morgan fingerprint density at radius 1 is 1.09 bits per heavy atom. The van der Waals surface area contributed by atoms with Gasteiger partial charge in [-0.2, -0.15) is 23.9 Å². The van der Waals surface area contributed by atoms with E-state index in [4.69, 9.17) is 10.00 Å². The van der Waals surface area contributed by atoms with Crippen LogP contribution in [0.25, 0.3) is 16.8 Å². The minimum Gasteiger partial charge on any atom is -0.497 e. The molecule has 1 aromatic carbocycles. The summed E-state index contributed by atoms with van der Waals surface area (Å²) in [7, 11) is 1.63. The normalized spacial score (nSPS) is 8.78. The Bertz CT molecular complexity index is 775. The summed E-state index contributed by atoms with van der Waals surface area (Å²) < 4.78 is 6.73. The Morgan fingerprint density at radius 3 is 2.30 bits per heavy atom. The van der Waals surface area contributed by atoms with E-state index in [1.54, 1.807) is 17.8 Å². The molecule has 23 heavy (non-hydrogen) atoms. The van der Waals surface area contributed by atoms with Gasteiger partial charge in [0, 0.05) is 18.0 Å². The summed E-state index contributed by atoms with van der Waals surface area (Å²) in [6, 6.07) is 9.76. The molecule has 0 aliphatic carbocycles. The van der Waals surface area contributed by atoms with Gasteiger partial charge in [-0.15, -0.1) is 0 Å². The van der Waals surface area contributed by atoms with Crippen LogP contribution in [0.2, 0.25) is 0 Å². The van der Waals surface area contributed by atoms with Crippen LogP contribution in [0.5, 0.6) is 5.75 Å². The maximum absolute atomic E-state index is 8.91. The number of hydrogen-bond donors (Lipinski definition) is 0. The lowest BCUT2D eigenvalue weighted by Gasteiger charge is -2.04. The van der Waals surface area contributed by atoms with Crippen molar-refractivity contribution in [3.63, 3.8) is 0 Å². The smallest absolute Gasteiger partial charge is 0.172 e. The second kappa shape index (κ2) is 9.49. The Balaban J connectivity index is 0.00000117. The van der Waals surface area contributed by atoms with E-state index >= 15 is 0 Å². The molecule has 0 atom stereocenters. The van der Waals surface area contributed by atoms with Crippen molar-refractivity contribution >= 4 is 19.1 Å². The van der Waals surface area contributed by atoms with Crippen LogP contribution in [0.4, 0.5) is 0 Å². The van der Waals surface area contributed by atoms with Crippen molar-refractivity contribution in [3.8, 4) is 22.9 Å². The first-order valence-electron chi connectivity index (χ1n) is 6.70. The maximum atomic E-state index is 8.91. The van der Waals surface area contributed by atoms with Gasteiger partial charge in [0.05, 0.1) is 13.3 Å². The molecule has 0 aliphatic heterocycles. The van der Waals surface area contributed by atoms with Crippen molar-refractivity contribution in [3.05, 3.63) is 48.4 Å². The highest BCUT2D eigenvalue weighted by atomic mass is 32.1. The molecule has 0 N–H and O–H groups in total. The zero-order valence-electron chi connectivity index (χ0n) is 12.7. The van der Waals surface area contributed by atoms with Gasteiger partial charge in [0.1, 0.15) is 17.4 Å². The van der Waals surface area contributed by atoms with Crippen LogP contribution in [0.15, 0.2) is 42.9 Å². The van der Waals surface area contributed by atoms with Gasteiger partial charge in [0.15, 0.2) is 5.65 Å². The van der Waals surface area contributed by atoms with Crippen LogP contribution in [0.3, 0.4) is 0 Å². The van der Waals surface area contributed by atoms with Gasteiger partial charge >= 0.3 is 0 Å². The van der Waals surface area contributed by atoms with E-state index in [-0.39, 0.29) is 20.9 Å². The number of rotatable bonds is 2. The third-order valence-electron chi connectivity index (χ3n) is 2.90. The van der Waals surface area contributed by atoms with Crippen molar-refractivity contribution in [2.24, 2.45) is 0 Å². The molecule has 6 heteroatoms. The Hall–Kier alpha value is -2.52. The standard InChI is InChI=1S/C14H10N4O.C2H6.CH4.H2S/c1-19-13-4-2-10(3-5-13)12-7-16-14-11(6-15)8-17-18(14)9-12;1-2;;/h2-5,7-9H,1H3;1-2H3;1H4;1H2. The highest BCUT2D eigenvalue weighted by Gasteiger charge is 2.06. The Kier molecular flexibility index (Phi) is 8.45. The van der Waals surface area contributed by atoms with E-state index in [0.29, 0.717) is 11.2 Å². The third-order valence-corrected chi connectivity index (χ3v) is 2.90. The van der Waals surface area contributed by atoms with Gasteiger partial charge in [0.25, 0.3) is 0 Å². The lowest BCUT2D eigenvalue weighted by molar-refractivity contribution is 0.415. The molecule has 0 saturated carbocycles. The van der Waals surface area contributed by atoms with Gasteiger partial charge < -0.3 is 4.74 Å². The van der Waals surface area contributed by atoms with Crippen molar-refractivity contribution < 1.29 is 4.74 Å². The summed E-state index contributed by atoms with van der Waals surface area (Å²) in [6.45, 7) is 4.00. The van der Waals surface area contributed by atoms with Gasteiger partial charge in [-0.1, -0.05) is 33.4 Å². The average Bonchev–Trinajstić information content (AvgIpc) is 2.99. The van der Waals surface area contributed by atoms with Crippen LogP contribution < -0.4 is 4.74 Å². The molecule has 122 valence electrons. The second-order valence-electron chi connectivity index (χ2n) is 4.01. The van der Waals surface area contributed by atoms with Gasteiger partial charge in [-0.25, -0.2) is 9.50 Å². The SMILES string of the molecule is C.CC.COc1ccc(-c2cnc3c(C#N)cnn3c2)cc1.S. The maximum Gasteiger partial charge on any atom is 0.172 e. The zero-order chi connectivity index (χ0) is 15.2. The first-order valence-corrected chi connectivity index (χ1v) is 6.70. The molecule has 0 bridgehead atoms. The summed E-state index contributed by atoms with van der Waals surface area (Å²) >= 11 is 0.